The lowest BCUT2D eigenvalue weighted by molar-refractivity contribution is -0.137. The van der Waals surface area contributed by atoms with Crippen LogP contribution in [0.3, 0.4) is 0 Å². The number of rotatable bonds is 7. The van der Waals surface area contributed by atoms with Crippen LogP contribution in [0.15, 0.2) is 29.2 Å². The highest BCUT2D eigenvalue weighted by atomic mass is 32.2. The fourth-order valence-corrected chi connectivity index (χ4v) is 1.98. The molecule has 0 aliphatic heterocycles. The largest absolute Gasteiger partial charge is 0.481 e. The van der Waals surface area contributed by atoms with Crippen LogP contribution in [0.1, 0.15) is 19.3 Å². The van der Waals surface area contributed by atoms with Gasteiger partial charge < -0.3 is 10.4 Å². The van der Waals surface area contributed by atoms with Crippen LogP contribution in [0.25, 0.3) is 0 Å². The van der Waals surface area contributed by atoms with Crippen molar-refractivity contribution in [1.29, 1.82) is 0 Å². The number of hydrogen-bond donors (Lipinski definition) is 2. The highest BCUT2D eigenvalue weighted by Gasteiger charge is 2.11. The maximum absolute atomic E-state index is 12.3. The second-order valence-corrected chi connectivity index (χ2v) is 4.70. The van der Waals surface area contributed by atoms with E-state index in [4.69, 9.17) is 5.11 Å². The Morgan fingerprint density at radius 1 is 1.26 bits per heavy atom. The number of hydrogen-bond acceptors (Lipinski definition) is 3. The number of carbonyl (C=O) groups excluding carboxylic acids is 1. The van der Waals surface area contributed by atoms with E-state index in [9.17, 15) is 18.4 Å². The molecule has 2 N–H and O–H groups in total. The quantitative estimate of drug-likeness (QED) is 0.756. The molecule has 1 amide bonds. The summed E-state index contributed by atoms with van der Waals surface area (Å²) in [6, 6.07) is 6.25. The van der Waals surface area contributed by atoms with Crippen LogP contribution in [0.2, 0.25) is 0 Å². The average Bonchev–Trinajstić information content (AvgIpc) is 2.30. The highest BCUT2D eigenvalue weighted by molar-refractivity contribution is 7.99. The number of halogens is 2. The van der Waals surface area contributed by atoms with E-state index in [1.54, 1.807) is 12.1 Å². The molecule has 7 heteroatoms. The Balaban J connectivity index is 2.56. The molecule has 0 aliphatic rings. The minimum absolute atomic E-state index is 0.0416. The monoisotopic (exact) mass is 289 g/mol. The van der Waals surface area contributed by atoms with E-state index in [0.29, 0.717) is 17.4 Å². The molecular formula is C12H13F2NO3S. The van der Waals surface area contributed by atoms with Gasteiger partial charge in [0, 0.05) is 17.7 Å². The van der Waals surface area contributed by atoms with Crippen LogP contribution >= 0.6 is 11.8 Å². The molecule has 0 bridgehead atoms. The van der Waals surface area contributed by atoms with Gasteiger partial charge in [-0.3, -0.25) is 9.59 Å². The molecule has 104 valence electrons. The second-order valence-electron chi connectivity index (χ2n) is 3.67. The average molecular weight is 289 g/mol. The van der Waals surface area contributed by atoms with E-state index in [2.05, 4.69) is 5.32 Å². The maximum Gasteiger partial charge on any atom is 0.303 e. The highest BCUT2D eigenvalue weighted by Crippen LogP contribution is 2.31. The Morgan fingerprint density at radius 2 is 1.95 bits per heavy atom. The smallest absolute Gasteiger partial charge is 0.303 e. The zero-order valence-corrected chi connectivity index (χ0v) is 10.8. The van der Waals surface area contributed by atoms with Crippen molar-refractivity contribution in [3.8, 4) is 0 Å². The molecule has 19 heavy (non-hydrogen) atoms. The summed E-state index contributed by atoms with van der Waals surface area (Å²) in [5.41, 5.74) is 0.313. The summed E-state index contributed by atoms with van der Waals surface area (Å²) < 4.78 is 24.6. The number of carboxylic acid groups (broad SMARTS) is 1. The third-order valence-corrected chi connectivity index (χ3v) is 2.96. The van der Waals surface area contributed by atoms with Gasteiger partial charge in [0.05, 0.1) is 5.69 Å². The molecule has 1 aromatic rings. The normalized spacial score (nSPS) is 10.5. The summed E-state index contributed by atoms with van der Waals surface area (Å²) >= 11 is 0.354. The van der Waals surface area contributed by atoms with Crippen molar-refractivity contribution in [3.05, 3.63) is 24.3 Å². The first-order valence-corrected chi connectivity index (χ1v) is 6.42. The van der Waals surface area contributed by atoms with E-state index < -0.39 is 11.7 Å². The molecule has 0 atom stereocenters. The molecule has 0 saturated carbocycles. The number of thioether (sulfide) groups is 1. The van der Waals surface area contributed by atoms with Crippen LogP contribution in [-0.2, 0) is 9.59 Å². The molecule has 0 unspecified atom stereocenters. The number of benzene rings is 1. The summed E-state index contributed by atoms with van der Waals surface area (Å²) in [5, 5.41) is 10.9. The van der Waals surface area contributed by atoms with Crippen molar-refractivity contribution in [2.75, 3.05) is 5.32 Å². The standard InChI is InChI=1S/C12H13F2NO3S/c13-12(14)19-9-5-2-1-4-8(9)15-10(16)6-3-7-11(17)18/h1-2,4-5,12H,3,6-7H2,(H,15,16)(H,17,18). The Morgan fingerprint density at radius 3 is 2.58 bits per heavy atom. The number of carbonyl (C=O) groups is 2. The van der Waals surface area contributed by atoms with Gasteiger partial charge in [0.2, 0.25) is 5.91 Å². The number of anilines is 1. The van der Waals surface area contributed by atoms with E-state index in [1.165, 1.54) is 12.1 Å². The van der Waals surface area contributed by atoms with Crippen LogP contribution in [0.5, 0.6) is 0 Å². The topological polar surface area (TPSA) is 66.4 Å². The van der Waals surface area contributed by atoms with Crippen molar-refractivity contribution < 1.29 is 23.5 Å². The predicted molar refractivity (Wildman–Crippen MR) is 68.4 cm³/mol. The van der Waals surface area contributed by atoms with Crippen LogP contribution in [-0.4, -0.2) is 22.7 Å². The SMILES string of the molecule is O=C(O)CCCC(=O)Nc1ccccc1SC(F)F. The zero-order valence-electron chi connectivity index (χ0n) is 9.94. The Hall–Kier alpha value is -1.63. The molecule has 0 radical (unpaired) electrons. The maximum atomic E-state index is 12.3. The molecule has 1 aromatic carbocycles. The zero-order chi connectivity index (χ0) is 14.3. The van der Waals surface area contributed by atoms with Gasteiger partial charge in [0.25, 0.3) is 5.76 Å². The Kier molecular flexibility index (Phi) is 6.27. The van der Waals surface area contributed by atoms with Crippen molar-refractivity contribution in [1.82, 2.24) is 0 Å². The van der Waals surface area contributed by atoms with Gasteiger partial charge in [0.1, 0.15) is 0 Å². The number of para-hydroxylation sites is 1. The fourth-order valence-electron chi connectivity index (χ4n) is 1.38. The molecule has 0 saturated heterocycles. The third kappa shape index (κ3) is 6.19. The van der Waals surface area contributed by atoms with Crippen molar-refractivity contribution in [2.45, 2.75) is 29.9 Å². The van der Waals surface area contributed by atoms with Gasteiger partial charge >= 0.3 is 5.97 Å². The predicted octanol–water partition coefficient (Wildman–Crippen LogP) is 3.19. The van der Waals surface area contributed by atoms with Gasteiger partial charge in [0.15, 0.2) is 0 Å². The minimum atomic E-state index is -2.56. The first-order valence-electron chi connectivity index (χ1n) is 5.54. The summed E-state index contributed by atoms with van der Waals surface area (Å²) in [6.45, 7) is 0. The lowest BCUT2D eigenvalue weighted by Crippen LogP contribution is -2.12. The fraction of sp³-hybridized carbons (Fsp3) is 0.333. The van der Waals surface area contributed by atoms with E-state index in [-0.39, 0.29) is 30.1 Å². The van der Waals surface area contributed by atoms with Crippen molar-refractivity contribution in [2.24, 2.45) is 0 Å². The molecular weight excluding hydrogens is 276 g/mol. The van der Waals surface area contributed by atoms with Crippen molar-refractivity contribution in [3.63, 3.8) is 0 Å². The van der Waals surface area contributed by atoms with Gasteiger partial charge in [-0.1, -0.05) is 23.9 Å². The first-order chi connectivity index (χ1) is 8.99. The number of alkyl halides is 2. The van der Waals surface area contributed by atoms with E-state index >= 15 is 0 Å². The third-order valence-electron chi connectivity index (χ3n) is 2.17. The molecule has 1 rings (SSSR count). The number of carboxylic acids is 1. The van der Waals surface area contributed by atoms with Crippen LogP contribution in [0, 0.1) is 0 Å². The molecule has 0 fully saturated rings. The lowest BCUT2D eigenvalue weighted by Gasteiger charge is -2.09. The summed E-state index contributed by atoms with van der Waals surface area (Å²) in [5.74, 6) is -3.92. The van der Waals surface area contributed by atoms with Gasteiger partial charge in [-0.25, -0.2) is 0 Å². The van der Waals surface area contributed by atoms with Gasteiger partial charge in [-0.05, 0) is 18.6 Å². The van der Waals surface area contributed by atoms with E-state index in [1.807, 2.05) is 0 Å². The lowest BCUT2D eigenvalue weighted by atomic mass is 10.2. The van der Waals surface area contributed by atoms with Crippen LogP contribution in [0.4, 0.5) is 14.5 Å². The van der Waals surface area contributed by atoms with Gasteiger partial charge in [-0.2, -0.15) is 8.78 Å². The molecule has 0 heterocycles. The second kappa shape index (κ2) is 7.73. The molecule has 0 aromatic heterocycles. The first kappa shape index (κ1) is 15.4. The Labute approximate surface area is 113 Å². The van der Waals surface area contributed by atoms with Crippen LogP contribution < -0.4 is 5.32 Å². The summed E-state index contributed by atoms with van der Waals surface area (Å²) in [6.07, 6.45) is 0.159. The van der Waals surface area contributed by atoms with Crippen molar-refractivity contribution >= 4 is 29.3 Å². The molecule has 4 nitrogen and oxygen atoms in total. The molecule has 0 aliphatic carbocycles. The number of nitrogens with one attached hydrogen (secondary N) is 1. The number of aliphatic carboxylic acids is 1. The minimum Gasteiger partial charge on any atom is -0.481 e. The molecule has 0 spiro atoms. The van der Waals surface area contributed by atoms with Gasteiger partial charge in [-0.15, -0.1) is 0 Å². The van der Waals surface area contributed by atoms with E-state index in [0.717, 1.165) is 0 Å². The number of amides is 1. The Bertz CT molecular complexity index is 454. The summed E-state index contributed by atoms with van der Waals surface area (Å²) in [4.78, 5) is 22.1. The summed E-state index contributed by atoms with van der Waals surface area (Å²) in [7, 11) is 0.